The van der Waals surface area contributed by atoms with Gasteiger partial charge in [0.05, 0.1) is 6.10 Å². The molecule has 1 atom stereocenters. The molecule has 0 aromatic carbocycles. The van der Waals surface area contributed by atoms with Crippen molar-refractivity contribution in [2.45, 2.75) is 51.8 Å². The minimum absolute atomic E-state index is 0.0323. The van der Waals surface area contributed by atoms with Crippen LogP contribution >= 0.6 is 0 Å². The topological polar surface area (TPSA) is 75.2 Å². The van der Waals surface area contributed by atoms with Gasteiger partial charge in [-0.2, -0.15) is 15.0 Å². The molecule has 1 saturated carbocycles. The molecular formula is C14H26N6O. The third-order valence-corrected chi connectivity index (χ3v) is 3.55. The monoisotopic (exact) mass is 294 g/mol. The highest BCUT2D eigenvalue weighted by molar-refractivity contribution is 5.35. The van der Waals surface area contributed by atoms with Crippen LogP contribution in [0.25, 0.3) is 0 Å². The average molecular weight is 294 g/mol. The lowest BCUT2D eigenvalue weighted by Gasteiger charge is -2.24. The fourth-order valence-corrected chi connectivity index (χ4v) is 2.04. The van der Waals surface area contributed by atoms with Crippen LogP contribution in [0.15, 0.2) is 0 Å². The Morgan fingerprint density at radius 1 is 1.19 bits per heavy atom. The molecular weight excluding hydrogens is 268 g/mol. The lowest BCUT2D eigenvalue weighted by molar-refractivity contribution is 0.222. The molecule has 118 valence electrons. The Morgan fingerprint density at radius 3 is 2.43 bits per heavy atom. The van der Waals surface area contributed by atoms with Gasteiger partial charge in [-0.15, -0.1) is 0 Å². The van der Waals surface area contributed by atoms with E-state index in [1.165, 1.54) is 12.8 Å². The van der Waals surface area contributed by atoms with Crippen LogP contribution in [-0.4, -0.2) is 58.7 Å². The van der Waals surface area contributed by atoms with Crippen LogP contribution in [0.5, 0.6) is 6.01 Å². The fraction of sp³-hybridized carbons (Fsp3) is 0.786. The van der Waals surface area contributed by atoms with Crippen molar-refractivity contribution < 1.29 is 4.74 Å². The van der Waals surface area contributed by atoms with Gasteiger partial charge in [-0.1, -0.05) is 0 Å². The summed E-state index contributed by atoms with van der Waals surface area (Å²) in [7, 11) is 3.95. The zero-order valence-electron chi connectivity index (χ0n) is 13.6. The van der Waals surface area contributed by atoms with E-state index in [9.17, 15) is 0 Å². The number of ether oxygens (including phenoxy) is 1. The van der Waals surface area contributed by atoms with Crippen molar-refractivity contribution >= 4 is 11.9 Å². The van der Waals surface area contributed by atoms with E-state index in [0.717, 1.165) is 12.6 Å². The zero-order chi connectivity index (χ0) is 15.4. The minimum Gasteiger partial charge on any atom is -0.461 e. The molecule has 0 amide bonds. The molecule has 1 aliphatic rings. The highest BCUT2D eigenvalue weighted by Gasteiger charge is 2.29. The number of nitrogens with one attached hydrogen (secondary N) is 2. The fourth-order valence-electron chi connectivity index (χ4n) is 2.04. The quantitative estimate of drug-likeness (QED) is 0.754. The number of rotatable bonds is 8. The van der Waals surface area contributed by atoms with Crippen LogP contribution in [0.3, 0.4) is 0 Å². The van der Waals surface area contributed by atoms with Gasteiger partial charge in [0.15, 0.2) is 0 Å². The van der Waals surface area contributed by atoms with Gasteiger partial charge in [0.1, 0.15) is 0 Å². The molecule has 7 nitrogen and oxygen atoms in total. The molecule has 0 aliphatic heterocycles. The number of aromatic nitrogens is 3. The van der Waals surface area contributed by atoms with Crippen molar-refractivity contribution in [2.24, 2.45) is 0 Å². The second kappa shape index (κ2) is 6.89. The molecule has 1 fully saturated rings. The minimum atomic E-state index is 0.0323. The van der Waals surface area contributed by atoms with E-state index < -0.39 is 0 Å². The van der Waals surface area contributed by atoms with E-state index in [4.69, 9.17) is 4.74 Å². The maximum absolute atomic E-state index is 5.55. The van der Waals surface area contributed by atoms with Gasteiger partial charge in [-0.3, -0.25) is 4.90 Å². The molecule has 1 aromatic rings. The summed E-state index contributed by atoms with van der Waals surface area (Å²) in [6.07, 6.45) is 2.65. The van der Waals surface area contributed by atoms with Crippen molar-refractivity contribution in [3.63, 3.8) is 0 Å². The molecule has 2 N–H and O–H groups in total. The zero-order valence-corrected chi connectivity index (χ0v) is 13.6. The largest absolute Gasteiger partial charge is 0.461 e. The van der Waals surface area contributed by atoms with Crippen LogP contribution < -0.4 is 15.4 Å². The predicted octanol–water partition coefficient (Wildman–Crippen LogP) is 1.60. The Morgan fingerprint density at radius 2 is 1.86 bits per heavy atom. The Hall–Kier alpha value is -1.63. The summed E-state index contributed by atoms with van der Waals surface area (Å²) in [4.78, 5) is 15.2. The maximum atomic E-state index is 5.55. The first kappa shape index (κ1) is 15.8. The molecule has 1 unspecified atom stereocenters. The first-order chi connectivity index (χ1) is 9.99. The second-order valence-electron chi connectivity index (χ2n) is 5.81. The highest BCUT2D eigenvalue weighted by atomic mass is 16.5. The highest BCUT2D eigenvalue weighted by Crippen LogP contribution is 2.26. The molecule has 21 heavy (non-hydrogen) atoms. The molecule has 0 radical (unpaired) electrons. The second-order valence-corrected chi connectivity index (χ2v) is 5.81. The van der Waals surface area contributed by atoms with Gasteiger partial charge in [0.2, 0.25) is 11.9 Å². The Balaban J connectivity index is 1.97. The Bertz CT molecular complexity index is 463. The number of likely N-dealkylation sites (N-methyl/N-ethyl adjacent to an activating group) is 1. The number of anilines is 2. The lowest BCUT2D eigenvalue weighted by Crippen LogP contribution is -2.36. The van der Waals surface area contributed by atoms with Crippen molar-refractivity contribution in [3.05, 3.63) is 0 Å². The summed E-state index contributed by atoms with van der Waals surface area (Å²) in [6, 6.07) is 1.52. The van der Waals surface area contributed by atoms with Crippen LogP contribution in [-0.2, 0) is 0 Å². The van der Waals surface area contributed by atoms with E-state index in [-0.39, 0.29) is 6.10 Å². The van der Waals surface area contributed by atoms with Crippen LogP contribution in [0.4, 0.5) is 11.9 Å². The third-order valence-electron chi connectivity index (χ3n) is 3.55. The predicted molar refractivity (Wildman–Crippen MR) is 83.9 cm³/mol. The van der Waals surface area contributed by atoms with E-state index in [2.05, 4.69) is 44.5 Å². The first-order valence-corrected chi connectivity index (χ1v) is 7.56. The Kier molecular flexibility index (Phi) is 5.17. The SMILES string of the molecule is CNc1nc(NCC(C)N(C)C2CC2)nc(OC(C)C)n1. The van der Waals surface area contributed by atoms with Crippen molar-refractivity contribution in [1.82, 2.24) is 19.9 Å². The van der Waals surface area contributed by atoms with Gasteiger partial charge >= 0.3 is 6.01 Å². The molecule has 0 saturated heterocycles. The number of hydrogen-bond acceptors (Lipinski definition) is 7. The normalized spacial score (nSPS) is 16.1. The number of hydrogen-bond donors (Lipinski definition) is 2. The maximum Gasteiger partial charge on any atom is 0.323 e. The number of nitrogens with zero attached hydrogens (tertiary/aromatic N) is 4. The molecule has 0 bridgehead atoms. The summed E-state index contributed by atoms with van der Waals surface area (Å²) in [5, 5.41) is 6.20. The first-order valence-electron chi connectivity index (χ1n) is 7.56. The molecule has 0 spiro atoms. The molecule has 1 heterocycles. The summed E-state index contributed by atoms with van der Waals surface area (Å²) < 4.78 is 5.55. The van der Waals surface area contributed by atoms with Gasteiger partial charge < -0.3 is 15.4 Å². The van der Waals surface area contributed by atoms with E-state index >= 15 is 0 Å². The summed E-state index contributed by atoms with van der Waals surface area (Å²) >= 11 is 0. The third kappa shape index (κ3) is 4.70. The Labute approximate surface area is 126 Å². The molecule has 7 heteroatoms. The molecule has 1 aromatic heterocycles. The van der Waals surface area contributed by atoms with Gasteiger partial charge in [0.25, 0.3) is 0 Å². The van der Waals surface area contributed by atoms with Crippen LogP contribution in [0, 0.1) is 0 Å². The van der Waals surface area contributed by atoms with Gasteiger partial charge in [-0.25, -0.2) is 0 Å². The van der Waals surface area contributed by atoms with Gasteiger partial charge in [0, 0.05) is 25.7 Å². The molecule has 2 rings (SSSR count). The summed E-state index contributed by atoms with van der Waals surface area (Å²) in [5.41, 5.74) is 0. The van der Waals surface area contributed by atoms with Crippen molar-refractivity contribution in [3.8, 4) is 6.01 Å². The van der Waals surface area contributed by atoms with Crippen LogP contribution in [0.2, 0.25) is 0 Å². The summed E-state index contributed by atoms with van der Waals surface area (Å²) in [6.45, 7) is 6.89. The van der Waals surface area contributed by atoms with Crippen LogP contribution in [0.1, 0.15) is 33.6 Å². The summed E-state index contributed by atoms with van der Waals surface area (Å²) in [5.74, 6) is 1.05. The van der Waals surface area contributed by atoms with E-state index in [1.54, 1.807) is 7.05 Å². The van der Waals surface area contributed by atoms with Gasteiger partial charge in [-0.05, 0) is 40.7 Å². The van der Waals surface area contributed by atoms with Crippen molar-refractivity contribution in [2.75, 3.05) is 31.3 Å². The molecule has 1 aliphatic carbocycles. The van der Waals surface area contributed by atoms with Crippen molar-refractivity contribution in [1.29, 1.82) is 0 Å². The standard InChI is InChI=1S/C14H26N6O/c1-9(2)21-14-18-12(15-4)17-13(19-14)16-8-10(3)20(5)11-6-7-11/h9-11H,6-8H2,1-5H3,(H2,15,16,17,18,19). The van der Waals surface area contributed by atoms with E-state index in [0.29, 0.717) is 23.9 Å². The lowest BCUT2D eigenvalue weighted by atomic mass is 10.3. The smallest absolute Gasteiger partial charge is 0.323 e. The average Bonchev–Trinajstić information content (AvgIpc) is 3.27. The van der Waals surface area contributed by atoms with E-state index in [1.807, 2.05) is 13.8 Å².